The highest BCUT2D eigenvalue weighted by Gasteiger charge is 2.45. The highest BCUT2D eigenvalue weighted by atomic mass is 15.2. The second-order valence-electron chi connectivity index (χ2n) is 17.5. The summed E-state index contributed by atoms with van der Waals surface area (Å²) in [5, 5.41) is 0. The van der Waals surface area contributed by atoms with Crippen LogP contribution in [0, 0.1) is 0 Å². The van der Waals surface area contributed by atoms with E-state index in [0.717, 1.165) is 5.69 Å². The molecular weight excluding hydrogens is 617 g/mol. The van der Waals surface area contributed by atoms with Gasteiger partial charge in [0.25, 0.3) is 0 Å². The molecule has 0 amide bonds. The molecule has 1 aliphatic carbocycles. The number of fused-ring (bicyclic) bond motifs is 7. The van der Waals surface area contributed by atoms with Gasteiger partial charge in [0.1, 0.15) is 0 Å². The molecule has 0 aromatic heterocycles. The summed E-state index contributed by atoms with van der Waals surface area (Å²) in [7, 11) is 0. The number of anilines is 6. The molecule has 51 heavy (non-hydrogen) atoms. The SMILES string of the molecule is CC(C)(C)c1ccc(N(c2ccc3c(c2)C(C)(C)c2ccccc2-3)c2ccc3c(c2)C(C)(C)c2cccc4c2N3c2ccccc2C4(C)C)cc1. The number of benzene rings is 6. The molecule has 3 aliphatic rings. The van der Waals surface area contributed by atoms with Crippen LogP contribution in [0.25, 0.3) is 11.1 Å². The van der Waals surface area contributed by atoms with E-state index in [-0.39, 0.29) is 21.7 Å². The molecule has 0 N–H and O–H groups in total. The maximum absolute atomic E-state index is 2.55. The number of hydrogen-bond acceptors (Lipinski definition) is 2. The summed E-state index contributed by atoms with van der Waals surface area (Å²) in [6, 6.07) is 48.4. The number of hydrogen-bond donors (Lipinski definition) is 0. The van der Waals surface area contributed by atoms with Crippen molar-refractivity contribution in [2.24, 2.45) is 0 Å². The van der Waals surface area contributed by atoms with Crippen molar-refractivity contribution in [2.75, 3.05) is 9.80 Å². The zero-order valence-corrected chi connectivity index (χ0v) is 31.5. The predicted molar refractivity (Wildman–Crippen MR) is 216 cm³/mol. The van der Waals surface area contributed by atoms with Crippen LogP contribution in [0.4, 0.5) is 34.1 Å². The molecule has 2 heteroatoms. The van der Waals surface area contributed by atoms with Gasteiger partial charge in [-0.05, 0) is 104 Å². The van der Waals surface area contributed by atoms with Crippen LogP contribution in [0.5, 0.6) is 0 Å². The van der Waals surface area contributed by atoms with Gasteiger partial charge in [0.2, 0.25) is 0 Å². The van der Waals surface area contributed by atoms with Crippen molar-refractivity contribution in [3.8, 4) is 11.1 Å². The third kappa shape index (κ3) is 4.41. The maximum Gasteiger partial charge on any atom is 0.0543 e. The van der Waals surface area contributed by atoms with Gasteiger partial charge in [0.05, 0.1) is 17.1 Å². The first-order valence-corrected chi connectivity index (χ1v) is 18.5. The van der Waals surface area contributed by atoms with Crippen molar-refractivity contribution in [1.82, 2.24) is 0 Å². The number of nitrogens with zero attached hydrogens (tertiary/aromatic N) is 2. The molecule has 254 valence electrons. The molecule has 0 saturated carbocycles. The van der Waals surface area contributed by atoms with E-state index in [2.05, 4.69) is 200 Å². The van der Waals surface area contributed by atoms with Gasteiger partial charge < -0.3 is 9.80 Å². The van der Waals surface area contributed by atoms with E-state index in [9.17, 15) is 0 Å². The van der Waals surface area contributed by atoms with Crippen molar-refractivity contribution in [1.29, 1.82) is 0 Å². The average molecular weight is 665 g/mol. The number of rotatable bonds is 3. The van der Waals surface area contributed by atoms with Gasteiger partial charge >= 0.3 is 0 Å². The lowest BCUT2D eigenvalue weighted by atomic mass is 9.66. The van der Waals surface area contributed by atoms with E-state index in [4.69, 9.17) is 0 Å². The van der Waals surface area contributed by atoms with Crippen molar-refractivity contribution in [3.05, 3.63) is 166 Å². The zero-order valence-electron chi connectivity index (χ0n) is 31.5. The fourth-order valence-electron chi connectivity index (χ4n) is 9.40. The zero-order chi connectivity index (χ0) is 35.7. The Hall–Kier alpha value is -5.08. The smallest absolute Gasteiger partial charge is 0.0543 e. The summed E-state index contributed by atoms with van der Waals surface area (Å²) in [4.78, 5) is 5.02. The summed E-state index contributed by atoms with van der Waals surface area (Å²) in [6.45, 7) is 21.2. The van der Waals surface area contributed by atoms with Crippen LogP contribution in [0.1, 0.15) is 101 Å². The quantitative estimate of drug-likeness (QED) is 0.186. The Balaban J connectivity index is 1.26. The fraction of sp³-hybridized carbons (Fsp3) is 0.265. The summed E-state index contributed by atoms with van der Waals surface area (Å²) in [5.41, 5.74) is 19.4. The summed E-state index contributed by atoms with van der Waals surface area (Å²) >= 11 is 0. The first-order valence-electron chi connectivity index (χ1n) is 18.5. The van der Waals surface area contributed by atoms with Crippen molar-refractivity contribution in [2.45, 2.75) is 84.0 Å². The standard InChI is InChI=1S/C49H48N2/c1-46(2,3)31-21-23-32(24-22-31)50(33-25-27-36-35-15-10-11-16-37(35)47(4,5)41(36)29-33)34-26-28-44-42(30-34)49(8,9)40-19-14-18-39-45(40)51(44)43-20-13-12-17-38(43)48(39,6)7/h10-30H,1-9H3. The normalized spacial score (nSPS) is 16.8. The monoisotopic (exact) mass is 664 g/mol. The van der Waals surface area contributed by atoms with E-state index in [1.807, 2.05) is 0 Å². The highest BCUT2D eigenvalue weighted by Crippen LogP contribution is 2.60. The molecule has 6 aromatic carbocycles. The lowest BCUT2D eigenvalue weighted by Crippen LogP contribution is -2.38. The van der Waals surface area contributed by atoms with Crippen LogP contribution in [0.15, 0.2) is 127 Å². The third-order valence-corrected chi connectivity index (χ3v) is 12.4. The van der Waals surface area contributed by atoms with Crippen LogP contribution in [-0.4, -0.2) is 0 Å². The van der Waals surface area contributed by atoms with E-state index in [1.165, 1.54) is 78.5 Å². The summed E-state index contributed by atoms with van der Waals surface area (Å²) in [6.07, 6.45) is 0. The molecule has 6 aromatic rings. The third-order valence-electron chi connectivity index (χ3n) is 12.4. The average Bonchev–Trinajstić information content (AvgIpc) is 3.34. The molecule has 0 bridgehead atoms. The van der Waals surface area contributed by atoms with Gasteiger partial charge in [-0.2, -0.15) is 0 Å². The molecule has 2 nitrogen and oxygen atoms in total. The molecule has 0 fully saturated rings. The van der Waals surface area contributed by atoms with Crippen LogP contribution in [-0.2, 0) is 21.7 Å². The van der Waals surface area contributed by atoms with E-state index >= 15 is 0 Å². The molecule has 9 rings (SSSR count). The highest BCUT2D eigenvalue weighted by molar-refractivity contribution is 5.94. The summed E-state index contributed by atoms with van der Waals surface area (Å²) in [5.74, 6) is 0. The van der Waals surface area contributed by atoms with Crippen molar-refractivity contribution < 1.29 is 0 Å². The minimum atomic E-state index is -0.209. The molecule has 0 unspecified atom stereocenters. The molecule has 2 heterocycles. The topological polar surface area (TPSA) is 6.48 Å². The lowest BCUT2D eigenvalue weighted by molar-refractivity contribution is 0.590. The first-order chi connectivity index (χ1) is 24.2. The fourth-order valence-corrected chi connectivity index (χ4v) is 9.40. The van der Waals surface area contributed by atoms with E-state index < -0.39 is 0 Å². The molecule has 0 saturated heterocycles. The molecule has 0 atom stereocenters. The van der Waals surface area contributed by atoms with Crippen LogP contribution in [0.3, 0.4) is 0 Å². The van der Waals surface area contributed by atoms with Crippen molar-refractivity contribution >= 4 is 34.1 Å². The second-order valence-corrected chi connectivity index (χ2v) is 17.5. The molecule has 0 radical (unpaired) electrons. The largest absolute Gasteiger partial charge is 0.310 e. The first kappa shape index (κ1) is 31.9. The van der Waals surface area contributed by atoms with Gasteiger partial charge in [-0.25, -0.2) is 0 Å². The van der Waals surface area contributed by atoms with Crippen molar-refractivity contribution in [3.63, 3.8) is 0 Å². The maximum atomic E-state index is 2.55. The minimum absolute atomic E-state index is 0.0775. The van der Waals surface area contributed by atoms with Gasteiger partial charge in [0, 0.05) is 33.3 Å². The number of para-hydroxylation sites is 2. The predicted octanol–water partition coefficient (Wildman–Crippen LogP) is 13.5. The Morgan fingerprint density at radius 3 is 1.61 bits per heavy atom. The molecule has 2 aliphatic heterocycles. The van der Waals surface area contributed by atoms with Crippen LogP contribution < -0.4 is 9.80 Å². The Kier molecular flexibility index (Phi) is 6.55. The van der Waals surface area contributed by atoms with Gasteiger partial charge in [-0.1, -0.05) is 141 Å². The molecule has 0 spiro atoms. The van der Waals surface area contributed by atoms with Gasteiger partial charge in [-0.3, -0.25) is 0 Å². The Bertz CT molecular complexity index is 2380. The van der Waals surface area contributed by atoms with E-state index in [1.54, 1.807) is 0 Å². The van der Waals surface area contributed by atoms with E-state index in [0.29, 0.717) is 0 Å². The minimum Gasteiger partial charge on any atom is -0.310 e. The van der Waals surface area contributed by atoms with Gasteiger partial charge in [0.15, 0.2) is 0 Å². The van der Waals surface area contributed by atoms with Gasteiger partial charge in [-0.15, -0.1) is 0 Å². The Morgan fingerprint density at radius 1 is 0.431 bits per heavy atom. The Labute approximate surface area is 304 Å². The second kappa shape index (κ2) is 10.5. The lowest BCUT2D eigenvalue weighted by Gasteiger charge is -2.49. The Morgan fingerprint density at radius 2 is 0.922 bits per heavy atom. The molecular formula is C49H48N2. The van der Waals surface area contributed by atoms with Crippen LogP contribution >= 0.6 is 0 Å². The summed E-state index contributed by atoms with van der Waals surface area (Å²) < 4.78 is 0. The van der Waals surface area contributed by atoms with Crippen LogP contribution in [0.2, 0.25) is 0 Å².